The SMILES string of the molecule is COc1ccc(OCCC(=O)OC2CCCC(OC)C2)cc1. The van der Waals surface area contributed by atoms with Crippen LogP contribution in [0.15, 0.2) is 24.3 Å². The molecule has 0 amide bonds. The molecule has 2 rings (SSSR count). The van der Waals surface area contributed by atoms with Gasteiger partial charge in [-0.2, -0.15) is 0 Å². The minimum atomic E-state index is -0.213. The first kappa shape index (κ1) is 16.6. The van der Waals surface area contributed by atoms with Crippen LogP contribution in [-0.2, 0) is 14.3 Å². The van der Waals surface area contributed by atoms with Crippen LogP contribution in [-0.4, -0.2) is 39.0 Å². The second-order valence-electron chi connectivity index (χ2n) is 5.41. The van der Waals surface area contributed by atoms with Crippen LogP contribution >= 0.6 is 0 Å². The quantitative estimate of drug-likeness (QED) is 0.725. The standard InChI is InChI=1S/C17H24O5/c1-19-13-6-8-14(9-7-13)21-11-10-17(18)22-16-5-3-4-15(12-16)20-2/h6-9,15-16H,3-5,10-12H2,1-2H3. The van der Waals surface area contributed by atoms with Crippen molar-refractivity contribution in [2.45, 2.75) is 44.3 Å². The molecule has 0 bridgehead atoms. The van der Waals surface area contributed by atoms with E-state index in [1.807, 2.05) is 24.3 Å². The molecule has 0 spiro atoms. The molecule has 1 aliphatic rings. The van der Waals surface area contributed by atoms with Gasteiger partial charge in [0.25, 0.3) is 0 Å². The molecule has 2 atom stereocenters. The summed E-state index contributed by atoms with van der Waals surface area (Å²) in [5, 5.41) is 0. The van der Waals surface area contributed by atoms with Crippen LogP contribution < -0.4 is 9.47 Å². The monoisotopic (exact) mass is 308 g/mol. The van der Waals surface area contributed by atoms with Crippen LogP contribution in [0.5, 0.6) is 11.5 Å². The van der Waals surface area contributed by atoms with Gasteiger partial charge in [0.2, 0.25) is 0 Å². The summed E-state index contributed by atoms with van der Waals surface area (Å²) in [6.07, 6.45) is 4.24. The van der Waals surface area contributed by atoms with E-state index in [-0.39, 0.29) is 24.6 Å². The van der Waals surface area contributed by atoms with Crippen molar-refractivity contribution in [3.05, 3.63) is 24.3 Å². The minimum absolute atomic E-state index is 0.0211. The Morgan fingerprint density at radius 3 is 2.45 bits per heavy atom. The molecule has 22 heavy (non-hydrogen) atoms. The molecule has 5 heteroatoms. The van der Waals surface area contributed by atoms with Crippen LogP contribution in [0.25, 0.3) is 0 Å². The van der Waals surface area contributed by atoms with Crippen LogP contribution in [0.4, 0.5) is 0 Å². The van der Waals surface area contributed by atoms with E-state index < -0.39 is 0 Å². The molecule has 1 saturated carbocycles. The number of esters is 1. The maximum Gasteiger partial charge on any atom is 0.309 e. The summed E-state index contributed by atoms with van der Waals surface area (Å²) in [5.74, 6) is 1.28. The highest BCUT2D eigenvalue weighted by molar-refractivity contribution is 5.69. The van der Waals surface area contributed by atoms with E-state index in [9.17, 15) is 4.79 Å². The van der Waals surface area contributed by atoms with Crippen molar-refractivity contribution in [3.63, 3.8) is 0 Å². The molecule has 0 saturated heterocycles. The zero-order valence-corrected chi connectivity index (χ0v) is 13.2. The van der Waals surface area contributed by atoms with Crippen LogP contribution in [0.2, 0.25) is 0 Å². The van der Waals surface area contributed by atoms with Crippen molar-refractivity contribution in [2.24, 2.45) is 0 Å². The number of methoxy groups -OCH3 is 2. The molecule has 1 aliphatic carbocycles. The molecule has 0 aromatic heterocycles. The van der Waals surface area contributed by atoms with Gasteiger partial charge in [-0.3, -0.25) is 4.79 Å². The Morgan fingerprint density at radius 1 is 1.09 bits per heavy atom. The molecule has 5 nitrogen and oxygen atoms in total. The second-order valence-corrected chi connectivity index (χ2v) is 5.41. The summed E-state index contributed by atoms with van der Waals surface area (Å²) in [7, 11) is 3.32. The normalized spacial score (nSPS) is 21.2. The lowest BCUT2D eigenvalue weighted by Crippen LogP contribution is -2.29. The molecule has 2 unspecified atom stereocenters. The molecular formula is C17H24O5. The van der Waals surface area contributed by atoms with Gasteiger partial charge in [0.05, 0.1) is 26.2 Å². The minimum Gasteiger partial charge on any atom is -0.497 e. The van der Waals surface area contributed by atoms with Crippen molar-refractivity contribution < 1.29 is 23.7 Å². The summed E-state index contributed by atoms with van der Waals surface area (Å²) in [6, 6.07) is 7.27. The van der Waals surface area contributed by atoms with Crippen molar-refractivity contribution in [1.29, 1.82) is 0 Å². The second kappa shape index (κ2) is 8.63. The lowest BCUT2D eigenvalue weighted by molar-refractivity contribution is -0.153. The van der Waals surface area contributed by atoms with Gasteiger partial charge in [0.1, 0.15) is 17.6 Å². The van der Waals surface area contributed by atoms with E-state index in [1.165, 1.54) is 0 Å². The molecule has 0 aliphatic heterocycles. The number of carbonyl (C=O) groups excluding carboxylic acids is 1. The summed E-state index contributed by atoms with van der Waals surface area (Å²) in [4.78, 5) is 11.8. The lowest BCUT2D eigenvalue weighted by Gasteiger charge is -2.27. The first-order valence-corrected chi connectivity index (χ1v) is 7.70. The summed E-state index contributed by atoms with van der Waals surface area (Å²) < 4.78 is 21.4. The average molecular weight is 308 g/mol. The third kappa shape index (κ3) is 5.22. The van der Waals surface area contributed by atoms with Gasteiger partial charge >= 0.3 is 5.97 Å². The van der Waals surface area contributed by atoms with Gasteiger partial charge in [0, 0.05) is 13.5 Å². The third-order valence-corrected chi connectivity index (χ3v) is 3.84. The van der Waals surface area contributed by atoms with Gasteiger partial charge in [0.15, 0.2) is 0 Å². The summed E-state index contributed by atoms with van der Waals surface area (Å²) in [5.41, 5.74) is 0. The van der Waals surface area contributed by atoms with E-state index in [0.29, 0.717) is 12.4 Å². The third-order valence-electron chi connectivity index (χ3n) is 3.84. The number of carbonyl (C=O) groups is 1. The molecule has 122 valence electrons. The summed E-state index contributed by atoms with van der Waals surface area (Å²) >= 11 is 0. The number of hydrogen-bond donors (Lipinski definition) is 0. The molecule has 1 aromatic rings. The molecule has 1 aromatic carbocycles. The van der Waals surface area contributed by atoms with Crippen LogP contribution in [0.3, 0.4) is 0 Å². The predicted molar refractivity (Wildman–Crippen MR) is 82.3 cm³/mol. The van der Waals surface area contributed by atoms with Gasteiger partial charge in [-0.05, 0) is 43.5 Å². The zero-order valence-electron chi connectivity index (χ0n) is 13.2. The van der Waals surface area contributed by atoms with Crippen molar-refractivity contribution in [2.75, 3.05) is 20.8 Å². The highest BCUT2D eigenvalue weighted by Gasteiger charge is 2.24. The lowest BCUT2D eigenvalue weighted by atomic mass is 9.95. The first-order valence-electron chi connectivity index (χ1n) is 7.70. The van der Waals surface area contributed by atoms with Crippen molar-refractivity contribution >= 4 is 5.97 Å². The van der Waals surface area contributed by atoms with E-state index in [0.717, 1.165) is 31.4 Å². The predicted octanol–water partition coefficient (Wildman–Crippen LogP) is 2.96. The largest absolute Gasteiger partial charge is 0.497 e. The molecular weight excluding hydrogens is 284 g/mol. The van der Waals surface area contributed by atoms with E-state index in [2.05, 4.69) is 0 Å². The highest BCUT2D eigenvalue weighted by atomic mass is 16.5. The molecule has 1 fully saturated rings. The van der Waals surface area contributed by atoms with E-state index in [4.69, 9.17) is 18.9 Å². The fraction of sp³-hybridized carbons (Fsp3) is 0.588. The Morgan fingerprint density at radius 2 is 1.77 bits per heavy atom. The number of rotatable bonds is 7. The zero-order chi connectivity index (χ0) is 15.8. The first-order chi connectivity index (χ1) is 10.7. The van der Waals surface area contributed by atoms with Crippen molar-refractivity contribution in [3.8, 4) is 11.5 Å². The fourth-order valence-corrected chi connectivity index (χ4v) is 2.59. The summed E-state index contributed by atoms with van der Waals surface area (Å²) in [6.45, 7) is 0.311. The number of ether oxygens (including phenoxy) is 4. The number of hydrogen-bond acceptors (Lipinski definition) is 5. The Bertz CT molecular complexity index is 457. The topological polar surface area (TPSA) is 54.0 Å². The Kier molecular flexibility index (Phi) is 6.52. The molecule has 0 radical (unpaired) electrons. The average Bonchev–Trinajstić information content (AvgIpc) is 2.55. The maximum atomic E-state index is 11.8. The van der Waals surface area contributed by atoms with Gasteiger partial charge < -0.3 is 18.9 Å². The molecule has 0 heterocycles. The smallest absolute Gasteiger partial charge is 0.309 e. The van der Waals surface area contributed by atoms with Crippen LogP contribution in [0, 0.1) is 0 Å². The van der Waals surface area contributed by atoms with Crippen molar-refractivity contribution in [1.82, 2.24) is 0 Å². The number of benzene rings is 1. The fourth-order valence-electron chi connectivity index (χ4n) is 2.59. The molecule has 0 N–H and O–H groups in total. The Labute approximate surface area is 131 Å². The van der Waals surface area contributed by atoms with E-state index >= 15 is 0 Å². The Balaban J connectivity index is 1.66. The van der Waals surface area contributed by atoms with Gasteiger partial charge in [-0.15, -0.1) is 0 Å². The van der Waals surface area contributed by atoms with Gasteiger partial charge in [-0.25, -0.2) is 0 Å². The van der Waals surface area contributed by atoms with Crippen LogP contribution in [0.1, 0.15) is 32.1 Å². The van der Waals surface area contributed by atoms with Gasteiger partial charge in [-0.1, -0.05) is 0 Å². The highest BCUT2D eigenvalue weighted by Crippen LogP contribution is 2.23. The maximum absolute atomic E-state index is 11.8. The van der Waals surface area contributed by atoms with E-state index in [1.54, 1.807) is 14.2 Å². The Hall–Kier alpha value is -1.75.